The van der Waals surface area contributed by atoms with E-state index in [-0.39, 0.29) is 0 Å². The quantitative estimate of drug-likeness (QED) is 0.606. The first-order valence-corrected chi connectivity index (χ1v) is 6.80. The molecule has 1 aliphatic carbocycles. The first-order chi connectivity index (χ1) is 7.74. The molecule has 88 valence electrons. The van der Waals surface area contributed by atoms with Crippen molar-refractivity contribution in [2.45, 2.75) is 56.0 Å². The highest BCUT2D eigenvalue weighted by molar-refractivity contribution is 6.20. The van der Waals surface area contributed by atoms with E-state index in [4.69, 9.17) is 11.6 Å². The number of carbonyl (C=O) groups excluding carboxylic acids is 1. The summed E-state index contributed by atoms with van der Waals surface area (Å²) in [5.41, 5.74) is 0. The molecule has 0 bridgehead atoms. The SMILES string of the molecule is O=C1C=CN2C(CCC3CC(Cl)CCC32)C1. The summed E-state index contributed by atoms with van der Waals surface area (Å²) in [5.74, 6) is 1.05. The van der Waals surface area contributed by atoms with Crippen molar-refractivity contribution in [3.8, 4) is 0 Å². The van der Waals surface area contributed by atoms with Crippen LogP contribution in [0.2, 0.25) is 0 Å². The van der Waals surface area contributed by atoms with Crippen LogP contribution >= 0.6 is 11.6 Å². The zero-order valence-electron chi connectivity index (χ0n) is 9.44. The second-order valence-electron chi connectivity index (χ2n) is 5.40. The lowest BCUT2D eigenvalue weighted by Gasteiger charge is -2.50. The van der Waals surface area contributed by atoms with Gasteiger partial charge in [-0.2, -0.15) is 0 Å². The van der Waals surface area contributed by atoms with Gasteiger partial charge < -0.3 is 4.90 Å². The van der Waals surface area contributed by atoms with Crippen molar-refractivity contribution in [3.05, 3.63) is 12.3 Å². The first kappa shape index (κ1) is 10.6. The van der Waals surface area contributed by atoms with Gasteiger partial charge in [0.15, 0.2) is 5.78 Å². The second-order valence-corrected chi connectivity index (χ2v) is 6.02. The van der Waals surface area contributed by atoms with E-state index in [1.54, 1.807) is 6.08 Å². The fourth-order valence-electron chi connectivity index (χ4n) is 3.63. The van der Waals surface area contributed by atoms with Crippen molar-refractivity contribution in [2.24, 2.45) is 5.92 Å². The number of fused-ring (bicyclic) bond motifs is 3. The molecule has 4 unspecified atom stereocenters. The van der Waals surface area contributed by atoms with Gasteiger partial charge in [0.1, 0.15) is 0 Å². The summed E-state index contributed by atoms with van der Waals surface area (Å²) < 4.78 is 0. The summed E-state index contributed by atoms with van der Waals surface area (Å²) in [7, 11) is 0. The predicted octanol–water partition coefficient (Wildman–Crippen LogP) is 2.71. The van der Waals surface area contributed by atoms with E-state index in [1.165, 1.54) is 19.3 Å². The Morgan fingerprint density at radius 1 is 1.25 bits per heavy atom. The molecule has 4 atom stereocenters. The number of rotatable bonds is 0. The van der Waals surface area contributed by atoms with Gasteiger partial charge in [-0.3, -0.25) is 4.79 Å². The molecule has 2 aliphatic heterocycles. The van der Waals surface area contributed by atoms with E-state index >= 15 is 0 Å². The van der Waals surface area contributed by atoms with Gasteiger partial charge in [-0.15, -0.1) is 11.6 Å². The van der Waals surface area contributed by atoms with E-state index in [9.17, 15) is 4.79 Å². The number of hydrogen-bond donors (Lipinski definition) is 0. The molecule has 0 spiro atoms. The van der Waals surface area contributed by atoms with Crippen molar-refractivity contribution >= 4 is 17.4 Å². The van der Waals surface area contributed by atoms with Crippen molar-refractivity contribution in [1.29, 1.82) is 0 Å². The Labute approximate surface area is 102 Å². The van der Waals surface area contributed by atoms with Crippen LogP contribution in [0.4, 0.5) is 0 Å². The number of carbonyl (C=O) groups is 1. The molecule has 1 saturated carbocycles. The van der Waals surface area contributed by atoms with Crippen LogP contribution in [0, 0.1) is 5.92 Å². The number of alkyl halides is 1. The maximum atomic E-state index is 11.4. The fraction of sp³-hybridized carbons (Fsp3) is 0.769. The number of halogens is 1. The normalized spacial score (nSPS) is 42.8. The zero-order chi connectivity index (χ0) is 11.1. The number of nitrogens with zero attached hydrogens (tertiary/aromatic N) is 1. The monoisotopic (exact) mass is 239 g/mol. The minimum absolute atomic E-state index is 0.297. The highest BCUT2D eigenvalue weighted by atomic mass is 35.5. The van der Waals surface area contributed by atoms with Gasteiger partial charge in [-0.05, 0) is 44.1 Å². The first-order valence-electron chi connectivity index (χ1n) is 6.36. The maximum Gasteiger partial charge on any atom is 0.159 e. The number of ketones is 1. The number of allylic oxidation sites excluding steroid dienone is 1. The van der Waals surface area contributed by atoms with Crippen molar-refractivity contribution in [1.82, 2.24) is 4.90 Å². The molecule has 0 aromatic rings. The third-order valence-electron chi connectivity index (χ3n) is 4.42. The van der Waals surface area contributed by atoms with E-state index < -0.39 is 0 Å². The van der Waals surface area contributed by atoms with Crippen molar-refractivity contribution in [2.75, 3.05) is 0 Å². The van der Waals surface area contributed by atoms with E-state index in [0.717, 1.165) is 25.2 Å². The van der Waals surface area contributed by atoms with Crippen LogP contribution in [-0.2, 0) is 4.79 Å². The van der Waals surface area contributed by atoms with Gasteiger partial charge >= 0.3 is 0 Å². The minimum Gasteiger partial charge on any atom is -0.371 e. The molecule has 0 aromatic heterocycles. The summed E-state index contributed by atoms with van der Waals surface area (Å²) in [5, 5.41) is 0.383. The van der Waals surface area contributed by atoms with Crippen LogP contribution in [-0.4, -0.2) is 28.1 Å². The van der Waals surface area contributed by atoms with Crippen molar-refractivity contribution < 1.29 is 4.79 Å². The van der Waals surface area contributed by atoms with Crippen LogP contribution in [0.5, 0.6) is 0 Å². The smallest absolute Gasteiger partial charge is 0.159 e. The van der Waals surface area contributed by atoms with Crippen LogP contribution < -0.4 is 0 Å². The summed E-state index contributed by atoms with van der Waals surface area (Å²) in [6.45, 7) is 0. The lowest BCUT2D eigenvalue weighted by atomic mass is 9.75. The summed E-state index contributed by atoms with van der Waals surface area (Å²) in [6, 6.07) is 1.13. The molecule has 3 aliphatic rings. The molecule has 1 saturated heterocycles. The van der Waals surface area contributed by atoms with Gasteiger partial charge in [0.05, 0.1) is 0 Å². The Kier molecular flexibility index (Phi) is 2.70. The number of hydrogen-bond acceptors (Lipinski definition) is 2. The zero-order valence-corrected chi connectivity index (χ0v) is 10.2. The third kappa shape index (κ3) is 1.77. The molecule has 2 nitrogen and oxygen atoms in total. The lowest BCUT2D eigenvalue weighted by molar-refractivity contribution is -0.117. The minimum atomic E-state index is 0.297. The Morgan fingerprint density at radius 2 is 2.12 bits per heavy atom. The van der Waals surface area contributed by atoms with Crippen LogP contribution in [0.15, 0.2) is 12.3 Å². The summed E-state index contributed by atoms with van der Waals surface area (Å²) in [6.07, 6.45) is 10.5. The van der Waals surface area contributed by atoms with Crippen LogP contribution in [0.3, 0.4) is 0 Å². The number of piperidine rings is 1. The van der Waals surface area contributed by atoms with Gasteiger partial charge in [0, 0.05) is 30.1 Å². The topological polar surface area (TPSA) is 20.3 Å². The molecule has 2 heterocycles. The largest absolute Gasteiger partial charge is 0.371 e. The van der Waals surface area contributed by atoms with E-state index in [0.29, 0.717) is 23.2 Å². The molecule has 0 N–H and O–H groups in total. The van der Waals surface area contributed by atoms with Gasteiger partial charge in [0.25, 0.3) is 0 Å². The Morgan fingerprint density at radius 3 is 3.00 bits per heavy atom. The Hall–Kier alpha value is -0.500. The highest BCUT2D eigenvalue weighted by Gasteiger charge is 2.40. The summed E-state index contributed by atoms with van der Waals surface area (Å²) >= 11 is 6.24. The van der Waals surface area contributed by atoms with Crippen molar-refractivity contribution in [3.63, 3.8) is 0 Å². The standard InChI is InChI=1S/C13H18ClNO/c14-10-2-4-13-9(7-10)1-3-11-8-12(16)5-6-15(11)13/h5-6,9-11,13H,1-4,7-8H2. The predicted molar refractivity (Wildman–Crippen MR) is 64.4 cm³/mol. The Balaban J connectivity index is 1.79. The van der Waals surface area contributed by atoms with Crippen LogP contribution in [0.1, 0.15) is 38.5 Å². The molecule has 16 heavy (non-hydrogen) atoms. The molecular formula is C13H18ClNO. The molecule has 3 rings (SSSR count). The molecule has 0 radical (unpaired) electrons. The molecule has 0 amide bonds. The highest BCUT2D eigenvalue weighted by Crippen LogP contribution is 2.41. The second kappa shape index (κ2) is 4.06. The van der Waals surface area contributed by atoms with E-state index in [2.05, 4.69) is 4.90 Å². The van der Waals surface area contributed by atoms with Gasteiger partial charge in [-0.1, -0.05) is 0 Å². The average Bonchev–Trinajstić information content (AvgIpc) is 2.28. The average molecular weight is 240 g/mol. The molecular weight excluding hydrogens is 222 g/mol. The van der Waals surface area contributed by atoms with Gasteiger partial charge in [0.2, 0.25) is 0 Å². The molecule has 3 heteroatoms. The molecule has 2 fully saturated rings. The third-order valence-corrected chi connectivity index (χ3v) is 4.82. The summed E-state index contributed by atoms with van der Waals surface area (Å²) in [4.78, 5) is 13.9. The van der Waals surface area contributed by atoms with E-state index in [1.807, 2.05) is 6.20 Å². The molecule has 0 aromatic carbocycles. The Bertz CT molecular complexity index is 328. The van der Waals surface area contributed by atoms with Gasteiger partial charge in [-0.25, -0.2) is 0 Å². The fourth-order valence-corrected chi connectivity index (χ4v) is 3.98. The maximum absolute atomic E-state index is 11.4. The lowest BCUT2D eigenvalue weighted by Crippen LogP contribution is -2.52. The van der Waals surface area contributed by atoms with Crippen LogP contribution in [0.25, 0.3) is 0 Å².